The summed E-state index contributed by atoms with van der Waals surface area (Å²) in [5.74, 6) is 1.30. The van der Waals surface area contributed by atoms with E-state index < -0.39 is 0 Å². The van der Waals surface area contributed by atoms with Crippen LogP contribution >= 0.6 is 0 Å². The molecule has 0 spiro atoms. The van der Waals surface area contributed by atoms with Gasteiger partial charge in [0.25, 0.3) is 5.91 Å². The Hall–Kier alpha value is -1.58. The van der Waals surface area contributed by atoms with Crippen molar-refractivity contribution in [3.8, 4) is 0 Å². The first kappa shape index (κ1) is 13.8. The van der Waals surface area contributed by atoms with Crippen molar-refractivity contribution < 1.29 is 4.79 Å². The lowest BCUT2D eigenvalue weighted by Crippen LogP contribution is -2.30. The van der Waals surface area contributed by atoms with Crippen LogP contribution < -0.4 is 10.6 Å². The van der Waals surface area contributed by atoms with Gasteiger partial charge in [0.1, 0.15) is 5.82 Å². The fourth-order valence-corrected chi connectivity index (χ4v) is 2.62. The van der Waals surface area contributed by atoms with E-state index in [0.29, 0.717) is 17.3 Å². The summed E-state index contributed by atoms with van der Waals surface area (Å²) in [4.78, 5) is 16.4. The topological polar surface area (TPSA) is 54.0 Å². The van der Waals surface area contributed by atoms with E-state index in [2.05, 4.69) is 15.6 Å². The monoisotopic (exact) mass is 261 g/mol. The number of hydrogen-bond donors (Lipinski definition) is 2. The maximum Gasteiger partial charge on any atom is 0.255 e. The summed E-state index contributed by atoms with van der Waals surface area (Å²) in [5, 5.41) is 6.17. The van der Waals surface area contributed by atoms with Crippen LogP contribution in [0.4, 0.5) is 5.82 Å². The van der Waals surface area contributed by atoms with E-state index >= 15 is 0 Å². The van der Waals surface area contributed by atoms with E-state index in [-0.39, 0.29) is 5.91 Å². The molecule has 4 nitrogen and oxygen atoms in total. The lowest BCUT2D eigenvalue weighted by atomic mass is 9.89. The minimum atomic E-state index is -0.0189. The first-order valence-electron chi connectivity index (χ1n) is 7.28. The van der Waals surface area contributed by atoms with Gasteiger partial charge in [-0.05, 0) is 37.8 Å². The summed E-state index contributed by atoms with van der Waals surface area (Å²) in [6.07, 6.45) is 8.14. The van der Waals surface area contributed by atoms with Crippen LogP contribution in [-0.2, 0) is 0 Å². The molecule has 1 saturated carbocycles. The zero-order valence-corrected chi connectivity index (χ0v) is 11.6. The highest BCUT2D eigenvalue weighted by atomic mass is 16.1. The largest absolute Gasteiger partial charge is 0.370 e. The Morgan fingerprint density at radius 2 is 2.16 bits per heavy atom. The smallest absolute Gasteiger partial charge is 0.255 e. The second kappa shape index (κ2) is 7.12. The molecule has 1 aromatic rings. The van der Waals surface area contributed by atoms with Crippen LogP contribution in [0.3, 0.4) is 0 Å². The molecule has 2 rings (SSSR count). The van der Waals surface area contributed by atoms with E-state index in [0.717, 1.165) is 13.1 Å². The van der Waals surface area contributed by atoms with Crippen molar-refractivity contribution in [2.75, 3.05) is 18.4 Å². The van der Waals surface area contributed by atoms with Gasteiger partial charge in [-0.25, -0.2) is 4.98 Å². The standard InChI is InChI=1S/C15H23N3O/c1-2-16-14-13(9-6-10-17-14)15(19)18-11-12-7-4-3-5-8-12/h6,9-10,12H,2-5,7-8,11H2,1H3,(H,16,17)(H,18,19). The molecule has 0 atom stereocenters. The number of hydrogen-bond acceptors (Lipinski definition) is 3. The molecule has 1 amide bonds. The molecule has 2 N–H and O–H groups in total. The van der Waals surface area contributed by atoms with Gasteiger partial charge in [0.2, 0.25) is 0 Å². The van der Waals surface area contributed by atoms with Gasteiger partial charge in [-0.3, -0.25) is 4.79 Å². The molecule has 1 aliphatic carbocycles. The number of nitrogens with zero attached hydrogens (tertiary/aromatic N) is 1. The quantitative estimate of drug-likeness (QED) is 0.857. The summed E-state index contributed by atoms with van der Waals surface area (Å²) in [6.45, 7) is 3.55. The summed E-state index contributed by atoms with van der Waals surface area (Å²) < 4.78 is 0. The molecule has 0 aliphatic heterocycles. The van der Waals surface area contributed by atoms with E-state index in [1.54, 1.807) is 12.3 Å². The fraction of sp³-hybridized carbons (Fsp3) is 0.600. The molecule has 0 unspecified atom stereocenters. The third kappa shape index (κ3) is 3.94. The van der Waals surface area contributed by atoms with E-state index in [1.165, 1.54) is 32.1 Å². The molecule has 1 heterocycles. The molecule has 1 aromatic heterocycles. The van der Waals surface area contributed by atoms with Crippen LogP contribution in [-0.4, -0.2) is 24.0 Å². The van der Waals surface area contributed by atoms with E-state index in [4.69, 9.17) is 0 Å². The van der Waals surface area contributed by atoms with Gasteiger partial charge in [0, 0.05) is 19.3 Å². The molecule has 0 saturated heterocycles. The highest BCUT2D eigenvalue weighted by molar-refractivity contribution is 5.98. The lowest BCUT2D eigenvalue weighted by molar-refractivity contribution is 0.0944. The van der Waals surface area contributed by atoms with Gasteiger partial charge >= 0.3 is 0 Å². The Kier molecular flexibility index (Phi) is 5.19. The molecule has 4 heteroatoms. The number of anilines is 1. The zero-order valence-electron chi connectivity index (χ0n) is 11.6. The van der Waals surface area contributed by atoms with Gasteiger partial charge in [0.05, 0.1) is 5.56 Å². The van der Waals surface area contributed by atoms with Crippen LogP contribution in [0.2, 0.25) is 0 Å². The normalized spacial score (nSPS) is 16.1. The Labute approximate surface area is 115 Å². The minimum absolute atomic E-state index is 0.0189. The van der Waals surface area contributed by atoms with Gasteiger partial charge in [-0.1, -0.05) is 19.3 Å². The second-order valence-electron chi connectivity index (χ2n) is 5.14. The van der Waals surface area contributed by atoms with Crippen molar-refractivity contribution in [3.05, 3.63) is 23.9 Å². The van der Waals surface area contributed by atoms with E-state index in [1.807, 2.05) is 13.0 Å². The second-order valence-corrected chi connectivity index (χ2v) is 5.14. The van der Waals surface area contributed by atoms with Crippen molar-refractivity contribution in [3.63, 3.8) is 0 Å². The van der Waals surface area contributed by atoms with Crippen LogP contribution in [0.15, 0.2) is 18.3 Å². The predicted octanol–water partition coefficient (Wildman–Crippen LogP) is 2.82. The van der Waals surface area contributed by atoms with Gasteiger partial charge in [0.15, 0.2) is 0 Å². The van der Waals surface area contributed by atoms with Crippen molar-refractivity contribution in [1.29, 1.82) is 0 Å². The number of carbonyl (C=O) groups excluding carboxylic acids is 1. The van der Waals surface area contributed by atoms with Gasteiger partial charge in [-0.2, -0.15) is 0 Å². The Bertz CT molecular complexity index is 414. The minimum Gasteiger partial charge on any atom is -0.370 e. The molecule has 104 valence electrons. The maximum absolute atomic E-state index is 12.2. The lowest BCUT2D eigenvalue weighted by Gasteiger charge is -2.21. The third-order valence-electron chi connectivity index (χ3n) is 3.67. The first-order valence-corrected chi connectivity index (χ1v) is 7.28. The van der Waals surface area contributed by atoms with Crippen LogP contribution in [0.5, 0.6) is 0 Å². The third-order valence-corrected chi connectivity index (χ3v) is 3.67. The first-order chi connectivity index (χ1) is 9.31. The zero-order chi connectivity index (χ0) is 13.5. The number of nitrogens with one attached hydrogen (secondary N) is 2. The van der Waals surface area contributed by atoms with E-state index in [9.17, 15) is 4.79 Å². The Morgan fingerprint density at radius 1 is 1.37 bits per heavy atom. The van der Waals surface area contributed by atoms with Crippen molar-refractivity contribution >= 4 is 11.7 Å². The maximum atomic E-state index is 12.2. The van der Waals surface area contributed by atoms with Crippen molar-refractivity contribution in [1.82, 2.24) is 10.3 Å². The van der Waals surface area contributed by atoms with Gasteiger partial charge in [-0.15, -0.1) is 0 Å². The predicted molar refractivity (Wildman–Crippen MR) is 77.3 cm³/mol. The molecule has 1 aliphatic rings. The molecule has 19 heavy (non-hydrogen) atoms. The number of aromatic nitrogens is 1. The number of carbonyl (C=O) groups is 1. The summed E-state index contributed by atoms with van der Waals surface area (Å²) >= 11 is 0. The van der Waals surface area contributed by atoms with Crippen molar-refractivity contribution in [2.24, 2.45) is 5.92 Å². The average Bonchev–Trinajstić information content (AvgIpc) is 2.47. The fourth-order valence-electron chi connectivity index (χ4n) is 2.62. The van der Waals surface area contributed by atoms with Crippen molar-refractivity contribution in [2.45, 2.75) is 39.0 Å². The highest BCUT2D eigenvalue weighted by Crippen LogP contribution is 2.23. The number of amides is 1. The number of pyridine rings is 1. The molecule has 0 radical (unpaired) electrons. The highest BCUT2D eigenvalue weighted by Gasteiger charge is 2.16. The summed E-state index contributed by atoms with van der Waals surface area (Å²) in [7, 11) is 0. The molecule has 0 aromatic carbocycles. The van der Waals surface area contributed by atoms with Gasteiger partial charge < -0.3 is 10.6 Å². The molecular weight excluding hydrogens is 238 g/mol. The van der Waals surface area contributed by atoms with Crippen LogP contribution in [0.1, 0.15) is 49.4 Å². The SMILES string of the molecule is CCNc1ncccc1C(=O)NCC1CCCCC1. The number of rotatable bonds is 5. The van der Waals surface area contributed by atoms with Crippen LogP contribution in [0.25, 0.3) is 0 Å². The summed E-state index contributed by atoms with van der Waals surface area (Å²) in [6, 6.07) is 3.62. The molecule has 0 bridgehead atoms. The Balaban J connectivity index is 1.91. The molecular formula is C15H23N3O. The summed E-state index contributed by atoms with van der Waals surface area (Å²) in [5.41, 5.74) is 0.639. The average molecular weight is 261 g/mol. The van der Waals surface area contributed by atoms with Crippen LogP contribution in [0, 0.1) is 5.92 Å². The molecule has 1 fully saturated rings. The Morgan fingerprint density at radius 3 is 2.89 bits per heavy atom.